The summed E-state index contributed by atoms with van der Waals surface area (Å²) in [5.74, 6) is -1.66. The highest BCUT2D eigenvalue weighted by Gasteiger charge is 2.22. The molecule has 2 aromatic heterocycles. The van der Waals surface area contributed by atoms with Crippen LogP contribution in [0.3, 0.4) is 0 Å². The molecule has 0 aliphatic rings. The van der Waals surface area contributed by atoms with Crippen LogP contribution in [0.4, 0.5) is 10.3 Å². The number of carbonyl (C=O) groups is 1. The molecule has 2 heterocycles. The maximum Gasteiger partial charge on any atom is 0.331 e. The summed E-state index contributed by atoms with van der Waals surface area (Å²) in [5, 5.41) is 15.6. The number of aryl methyl sites for hydroxylation is 1. The molecule has 2 rings (SSSR count). The van der Waals surface area contributed by atoms with E-state index in [1.165, 1.54) is 10.9 Å². The molecule has 0 fully saturated rings. The Morgan fingerprint density at radius 1 is 1.44 bits per heavy atom. The highest BCUT2D eigenvalue weighted by atomic mass is 19.1. The van der Waals surface area contributed by atoms with Crippen LogP contribution in [0.15, 0.2) is 24.8 Å². The van der Waals surface area contributed by atoms with E-state index in [1.54, 1.807) is 13.2 Å². The Hall–Kier alpha value is -2.51. The summed E-state index contributed by atoms with van der Waals surface area (Å²) < 4.78 is 14.1. The Bertz CT molecular complexity index is 554. The Balaban J connectivity index is 2.22. The molecule has 0 amide bonds. The summed E-state index contributed by atoms with van der Waals surface area (Å²) in [6, 6.07) is -1.04. The SMILES string of the molecule is Cn1cc(C(Nc2ncc(F)cn2)C(=O)O)cn1. The van der Waals surface area contributed by atoms with Gasteiger partial charge in [-0.05, 0) is 0 Å². The normalized spacial score (nSPS) is 12.1. The van der Waals surface area contributed by atoms with Crippen molar-refractivity contribution < 1.29 is 14.3 Å². The lowest BCUT2D eigenvalue weighted by Crippen LogP contribution is -2.21. The number of carboxylic acids is 1. The molecule has 0 spiro atoms. The highest BCUT2D eigenvalue weighted by molar-refractivity contribution is 5.78. The van der Waals surface area contributed by atoms with Gasteiger partial charge in [0.05, 0.1) is 18.6 Å². The second-order valence-corrected chi connectivity index (χ2v) is 3.59. The molecule has 0 saturated heterocycles. The molecule has 0 aliphatic carbocycles. The smallest absolute Gasteiger partial charge is 0.331 e. The third-order valence-corrected chi connectivity index (χ3v) is 2.20. The monoisotopic (exact) mass is 251 g/mol. The number of aliphatic carboxylic acids is 1. The van der Waals surface area contributed by atoms with Crippen LogP contribution in [0.25, 0.3) is 0 Å². The van der Waals surface area contributed by atoms with Crippen molar-refractivity contribution in [2.45, 2.75) is 6.04 Å². The Labute approximate surface area is 101 Å². The van der Waals surface area contributed by atoms with Crippen molar-refractivity contribution in [1.29, 1.82) is 0 Å². The van der Waals surface area contributed by atoms with Crippen LogP contribution in [0.1, 0.15) is 11.6 Å². The van der Waals surface area contributed by atoms with Crippen molar-refractivity contribution in [3.05, 3.63) is 36.2 Å². The van der Waals surface area contributed by atoms with Gasteiger partial charge in [0.15, 0.2) is 11.9 Å². The number of anilines is 1. The van der Waals surface area contributed by atoms with Crippen LogP contribution in [0.2, 0.25) is 0 Å². The standard InChI is InChI=1S/C10H10FN5O2/c1-16-5-6(2-14-16)8(9(17)18)15-10-12-3-7(11)4-13-10/h2-5,8H,1H3,(H,17,18)(H,12,13,15). The molecular formula is C10H10FN5O2. The molecule has 18 heavy (non-hydrogen) atoms. The number of carboxylic acid groups (broad SMARTS) is 1. The molecule has 7 nitrogen and oxygen atoms in total. The quantitative estimate of drug-likeness (QED) is 0.826. The molecule has 1 atom stereocenters. The van der Waals surface area contributed by atoms with Gasteiger partial charge in [-0.2, -0.15) is 5.10 Å². The third kappa shape index (κ3) is 2.59. The summed E-state index contributed by atoms with van der Waals surface area (Å²) in [5.41, 5.74) is 0.456. The maximum atomic E-state index is 12.6. The van der Waals surface area contributed by atoms with E-state index in [4.69, 9.17) is 5.11 Å². The number of nitrogens with zero attached hydrogens (tertiary/aromatic N) is 4. The van der Waals surface area contributed by atoms with Gasteiger partial charge in [0.25, 0.3) is 0 Å². The van der Waals surface area contributed by atoms with Crippen LogP contribution in [-0.2, 0) is 11.8 Å². The van der Waals surface area contributed by atoms with E-state index >= 15 is 0 Å². The summed E-state index contributed by atoms with van der Waals surface area (Å²) >= 11 is 0. The summed E-state index contributed by atoms with van der Waals surface area (Å²) in [7, 11) is 1.68. The average Bonchev–Trinajstić information content (AvgIpc) is 2.74. The van der Waals surface area contributed by atoms with Gasteiger partial charge in [-0.25, -0.2) is 19.2 Å². The van der Waals surface area contributed by atoms with Crippen molar-refractivity contribution in [3.63, 3.8) is 0 Å². The first-order valence-electron chi connectivity index (χ1n) is 5.01. The number of hydrogen-bond acceptors (Lipinski definition) is 5. The summed E-state index contributed by atoms with van der Waals surface area (Å²) in [6.07, 6.45) is 4.90. The van der Waals surface area contributed by atoms with Crippen LogP contribution in [-0.4, -0.2) is 30.8 Å². The molecule has 1 unspecified atom stereocenters. The molecule has 2 aromatic rings. The Kier molecular flexibility index (Phi) is 3.18. The molecule has 0 bridgehead atoms. The van der Waals surface area contributed by atoms with E-state index in [2.05, 4.69) is 20.4 Å². The minimum atomic E-state index is -1.10. The van der Waals surface area contributed by atoms with Gasteiger partial charge in [0.2, 0.25) is 5.95 Å². The first-order valence-corrected chi connectivity index (χ1v) is 5.01. The van der Waals surface area contributed by atoms with Gasteiger partial charge in [-0.1, -0.05) is 0 Å². The predicted molar refractivity (Wildman–Crippen MR) is 59.2 cm³/mol. The van der Waals surface area contributed by atoms with Crippen LogP contribution < -0.4 is 5.32 Å². The third-order valence-electron chi connectivity index (χ3n) is 2.20. The average molecular weight is 251 g/mol. The number of nitrogens with one attached hydrogen (secondary N) is 1. The van der Waals surface area contributed by atoms with E-state index < -0.39 is 17.8 Å². The second-order valence-electron chi connectivity index (χ2n) is 3.59. The van der Waals surface area contributed by atoms with Gasteiger partial charge in [0.1, 0.15) is 0 Å². The van der Waals surface area contributed by atoms with E-state index in [9.17, 15) is 9.18 Å². The minimum Gasteiger partial charge on any atom is -0.479 e. The number of aromatic nitrogens is 4. The van der Waals surface area contributed by atoms with Crippen LogP contribution in [0, 0.1) is 5.82 Å². The zero-order valence-corrected chi connectivity index (χ0v) is 9.41. The zero-order chi connectivity index (χ0) is 13.1. The molecular weight excluding hydrogens is 241 g/mol. The van der Waals surface area contributed by atoms with E-state index in [-0.39, 0.29) is 5.95 Å². The van der Waals surface area contributed by atoms with Crippen molar-refractivity contribution >= 4 is 11.9 Å². The fourth-order valence-electron chi connectivity index (χ4n) is 1.39. The highest BCUT2D eigenvalue weighted by Crippen LogP contribution is 2.16. The zero-order valence-electron chi connectivity index (χ0n) is 9.41. The van der Waals surface area contributed by atoms with Crippen molar-refractivity contribution in [2.75, 3.05) is 5.32 Å². The Morgan fingerprint density at radius 2 is 2.11 bits per heavy atom. The van der Waals surface area contributed by atoms with Gasteiger partial charge in [-0.15, -0.1) is 0 Å². The number of rotatable bonds is 4. The van der Waals surface area contributed by atoms with Gasteiger partial charge >= 0.3 is 5.97 Å². The molecule has 94 valence electrons. The lowest BCUT2D eigenvalue weighted by Gasteiger charge is -2.12. The van der Waals surface area contributed by atoms with E-state index in [0.717, 1.165) is 12.4 Å². The fourth-order valence-corrected chi connectivity index (χ4v) is 1.39. The number of hydrogen-bond donors (Lipinski definition) is 2. The molecule has 0 saturated carbocycles. The predicted octanol–water partition coefficient (Wildman–Crippen LogP) is 0.587. The fraction of sp³-hybridized carbons (Fsp3) is 0.200. The van der Waals surface area contributed by atoms with Gasteiger partial charge in [-0.3, -0.25) is 4.68 Å². The largest absolute Gasteiger partial charge is 0.479 e. The summed E-state index contributed by atoms with van der Waals surface area (Å²) in [4.78, 5) is 18.4. The lowest BCUT2D eigenvalue weighted by molar-refractivity contribution is -0.138. The van der Waals surface area contributed by atoms with Crippen LogP contribution >= 0.6 is 0 Å². The summed E-state index contributed by atoms with van der Waals surface area (Å²) in [6.45, 7) is 0. The van der Waals surface area contributed by atoms with Crippen molar-refractivity contribution in [2.24, 2.45) is 7.05 Å². The second kappa shape index (κ2) is 4.78. The van der Waals surface area contributed by atoms with Crippen LogP contribution in [0.5, 0.6) is 0 Å². The molecule has 0 aromatic carbocycles. The first-order chi connectivity index (χ1) is 8.56. The first kappa shape index (κ1) is 12.0. The lowest BCUT2D eigenvalue weighted by atomic mass is 10.1. The van der Waals surface area contributed by atoms with Crippen molar-refractivity contribution in [3.8, 4) is 0 Å². The minimum absolute atomic E-state index is 0.0349. The maximum absolute atomic E-state index is 12.6. The molecule has 0 radical (unpaired) electrons. The van der Waals surface area contributed by atoms with E-state index in [1.807, 2.05) is 0 Å². The Morgan fingerprint density at radius 3 is 2.61 bits per heavy atom. The van der Waals surface area contributed by atoms with Gasteiger partial charge < -0.3 is 10.4 Å². The molecule has 2 N–H and O–H groups in total. The number of halogens is 1. The topological polar surface area (TPSA) is 92.9 Å². The van der Waals surface area contributed by atoms with Gasteiger partial charge in [0, 0.05) is 18.8 Å². The molecule has 0 aliphatic heterocycles. The van der Waals surface area contributed by atoms with E-state index in [0.29, 0.717) is 5.56 Å². The van der Waals surface area contributed by atoms with Crippen molar-refractivity contribution in [1.82, 2.24) is 19.7 Å². The molecule has 8 heteroatoms.